The van der Waals surface area contributed by atoms with Gasteiger partial charge in [-0.25, -0.2) is 4.39 Å². The van der Waals surface area contributed by atoms with Gasteiger partial charge in [-0.15, -0.1) is 0 Å². The Kier molecular flexibility index (Phi) is 3.21. The molecule has 0 bridgehead atoms. The van der Waals surface area contributed by atoms with Crippen LogP contribution >= 0.6 is 0 Å². The molecular formula is C12H16FNO. The molecule has 0 heterocycles. The average Bonchev–Trinajstić information content (AvgIpc) is 2.14. The molecule has 1 unspecified atom stereocenters. The standard InChI is InChI=1S/C12H16FNO/c13-10-6-1-2-7-12(10)15-8-11(14)9-4-3-5-9/h1-2,6-7,9,11H,3-5,8,14H2. The van der Waals surface area contributed by atoms with E-state index in [-0.39, 0.29) is 11.9 Å². The van der Waals surface area contributed by atoms with Crippen LogP contribution in [0.15, 0.2) is 24.3 Å². The number of ether oxygens (including phenoxy) is 1. The minimum atomic E-state index is -0.321. The molecule has 1 atom stereocenters. The molecular weight excluding hydrogens is 193 g/mol. The quantitative estimate of drug-likeness (QED) is 0.826. The molecule has 15 heavy (non-hydrogen) atoms. The van der Waals surface area contributed by atoms with Crippen LogP contribution in [0.5, 0.6) is 5.75 Å². The summed E-state index contributed by atoms with van der Waals surface area (Å²) in [6, 6.07) is 6.47. The van der Waals surface area contributed by atoms with Crippen LogP contribution in [0.4, 0.5) is 4.39 Å². The summed E-state index contributed by atoms with van der Waals surface area (Å²) in [5, 5.41) is 0. The monoisotopic (exact) mass is 209 g/mol. The van der Waals surface area contributed by atoms with Crippen molar-refractivity contribution in [2.24, 2.45) is 11.7 Å². The third-order valence-electron chi connectivity index (χ3n) is 3.02. The van der Waals surface area contributed by atoms with Gasteiger partial charge in [0.25, 0.3) is 0 Å². The minimum absolute atomic E-state index is 0.0401. The number of halogens is 1. The zero-order chi connectivity index (χ0) is 10.7. The van der Waals surface area contributed by atoms with Crippen LogP contribution in [-0.4, -0.2) is 12.6 Å². The molecule has 0 aliphatic heterocycles. The lowest BCUT2D eigenvalue weighted by Gasteiger charge is -2.30. The normalized spacial score (nSPS) is 18.3. The summed E-state index contributed by atoms with van der Waals surface area (Å²) in [6.07, 6.45) is 3.63. The second-order valence-electron chi connectivity index (χ2n) is 4.10. The van der Waals surface area contributed by atoms with Gasteiger partial charge in [0, 0.05) is 6.04 Å². The SMILES string of the molecule is NC(COc1ccccc1F)C1CCC1. The molecule has 2 N–H and O–H groups in total. The van der Waals surface area contributed by atoms with E-state index in [1.54, 1.807) is 18.2 Å². The van der Waals surface area contributed by atoms with Crippen LogP contribution in [0.25, 0.3) is 0 Å². The molecule has 1 aromatic rings. The Labute approximate surface area is 89.2 Å². The summed E-state index contributed by atoms with van der Waals surface area (Å²) in [6.45, 7) is 0.408. The molecule has 0 amide bonds. The lowest BCUT2D eigenvalue weighted by atomic mass is 9.80. The predicted molar refractivity (Wildman–Crippen MR) is 57.2 cm³/mol. The van der Waals surface area contributed by atoms with Gasteiger partial charge in [-0.05, 0) is 30.9 Å². The van der Waals surface area contributed by atoms with Crippen LogP contribution in [-0.2, 0) is 0 Å². The highest BCUT2D eigenvalue weighted by atomic mass is 19.1. The molecule has 2 nitrogen and oxygen atoms in total. The Morgan fingerprint density at radius 2 is 2.13 bits per heavy atom. The van der Waals surface area contributed by atoms with Gasteiger partial charge in [-0.1, -0.05) is 18.6 Å². The first-order chi connectivity index (χ1) is 7.27. The van der Waals surface area contributed by atoms with E-state index in [0.29, 0.717) is 18.3 Å². The Balaban J connectivity index is 1.84. The molecule has 0 spiro atoms. The van der Waals surface area contributed by atoms with E-state index < -0.39 is 0 Å². The van der Waals surface area contributed by atoms with Crippen LogP contribution < -0.4 is 10.5 Å². The van der Waals surface area contributed by atoms with Gasteiger partial charge in [0.15, 0.2) is 11.6 Å². The fraction of sp³-hybridized carbons (Fsp3) is 0.500. The van der Waals surface area contributed by atoms with Crippen LogP contribution in [0.2, 0.25) is 0 Å². The summed E-state index contributed by atoms with van der Waals surface area (Å²) >= 11 is 0. The van der Waals surface area contributed by atoms with Crippen LogP contribution in [0, 0.1) is 11.7 Å². The number of benzene rings is 1. The molecule has 0 aromatic heterocycles. The number of rotatable bonds is 4. The van der Waals surface area contributed by atoms with Crippen LogP contribution in [0.1, 0.15) is 19.3 Å². The predicted octanol–water partition coefficient (Wildman–Crippen LogP) is 2.33. The topological polar surface area (TPSA) is 35.2 Å². The highest BCUT2D eigenvalue weighted by Crippen LogP contribution is 2.29. The Bertz CT molecular complexity index is 325. The molecule has 1 aromatic carbocycles. The number of nitrogens with two attached hydrogens (primary N) is 1. The number of para-hydroxylation sites is 1. The fourth-order valence-corrected chi connectivity index (χ4v) is 1.75. The van der Waals surface area contributed by atoms with Crippen molar-refractivity contribution in [2.45, 2.75) is 25.3 Å². The van der Waals surface area contributed by atoms with Crippen molar-refractivity contribution in [3.63, 3.8) is 0 Å². The zero-order valence-electron chi connectivity index (χ0n) is 8.66. The van der Waals surface area contributed by atoms with Crippen molar-refractivity contribution in [1.82, 2.24) is 0 Å². The van der Waals surface area contributed by atoms with E-state index in [2.05, 4.69) is 0 Å². The third-order valence-corrected chi connectivity index (χ3v) is 3.02. The smallest absolute Gasteiger partial charge is 0.165 e. The molecule has 0 saturated heterocycles. The first-order valence-electron chi connectivity index (χ1n) is 5.40. The van der Waals surface area contributed by atoms with Crippen molar-refractivity contribution in [3.8, 4) is 5.75 Å². The number of hydrogen-bond donors (Lipinski definition) is 1. The lowest BCUT2D eigenvalue weighted by molar-refractivity contribution is 0.185. The van der Waals surface area contributed by atoms with Crippen molar-refractivity contribution >= 4 is 0 Å². The largest absolute Gasteiger partial charge is 0.489 e. The summed E-state index contributed by atoms with van der Waals surface area (Å²) in [4.78, 5) is 0. The second kappa shape index (κ2) is 4.62. The first kappa shape index (κ1) is 10.4. The second-order valence-corrected chi connectivity index (χ2v) is 4.10. The Morgan fingerprint density at radius 1 is 1.40 bits per heavy atom. The maximum Gasteiger partial charge on any atom is 0.165 e. The maximum absolute atomic E-state index is 13.2. The molecule has 82 valence electrons. The molecule has 1 fully saturated rings. The summed E-state index contributed by atoms with van der Waals surface area (Å²) < 4.78 is 18.5. The fourth-order valence-electron chi connectivity index (χ4n) is 1.75. The summed E-state index contributed by atoms with van der Waals surface area (Å²) in [7, 11) is 0. The van der Waals surface area contributed by atoms with E-state index in [0.717, 1.165) is 0 Å². The number of hydrogen-bond acceptors (Lipinski definition) is 2. The molecule has 0 radical (unpaired) electrons. The van der Waals surface area contributed by atoms with E-state index in [4.69, 9.17) is 10.5 Å². The molecule has 3 heteroatoms. The average molecular weight is 209 g/mol. The molecule has 1 aliphatic rings. The van der Waals surface area contributed by atoms with Crippen molar-refractivity contribution in [3.05, 3.63) is 30.1 Å². The van der Waals surface area contributed by atoms with Gasteiger partial charge in [-0.2, -0.15) is 0 Å². The maximum atomic E-state index is 13.2. The summed E-state index contributed by atoms with van der Waals surface area (Å²) in [5.41, 5.74) is 5.93. The Morgan fingerprint density at radius 3 is 2.73 bits per heavy atom. The highest BCUT2D eigenvalue weighted by molar-refractivity contribution is 5.23. The van der Waals surface area contributed by atoms with Gasteiger partial charge in [0.2, 0.25) is 0 Å². The van der Waals surface area contributed by atoms with E-state index >= 15 is 0 Å². The van der Waals surface area contributed by atoms with Crippen molar-refractivity contribution < 1.29 is 9.13 Å². The third kappa shape index (κ3) is 2.48. The highest BCUT2D eigenvalue weighted by Gasteiger charge is 2.24. The summed E-state index contributed by atoms with van der Waals surface area (Å²) in [5.74, 6) is 0.544. The van der Waals surface area contributed by atoms with E-state index in [1.807, 2.05) is 0 Å². The molecule has 1 saturated carbocycles. The lowest BCUT2D eigenvalue weighted by Crippen LogP contribution is -2.39. The molecule has 1 aliphatic carbocycles. The first-order valence-corrected chi connectivity index (χ1v) is 5.40. The van der Waals surface area contributed by atoms with Gasteiger partial charge < -0.3 is 10.5 Å². The van der Waals surface area contributed by atoms with Gasteiger partial charge in [0.05, 0.1) is 0 Å². The van der Waals surface area contributed by atoms with Crippen LogP contribution in [0.3, 0.4) is 0 Å². The van der Waals surface area contributed by atoms with Gasteiger partial charge >= 0.3 is 0 Å². The minimum Gasteiger partial charge on any atom is -0.489 e. The van der Waals surface area contributed by atoms with Crippen molar-refractivity contribution in [2.75, 3.05) is 6.61 Å². The van der Waals surface area contributed by atoms with Gasteiger partial charge in [0.1, 0.15) is 6.61 Å². The molecule has 2 rings (SSSR count). The zero-order valence-corrected chi connectivity index (χ0v) is 8.66. The van der Waals surface area contributed by atoms with E-state index in [1.165, 1.54) is 25.3 Å². The Hall–Kier alpha value is -1.09. The van der Waals surface area contributed by atoms with Crippen molar-refractivity contribution in [1.29, 1.82) is 0 Å². The van der Waals surface area contributed by atoms with E-state index in [9.17, 15) is 4.39 Å². The van der Waals surface area contributed by atoms with Gasteiger partial charge in [-0.3, -0.25) is 0 Å².